The van der Waals surface area contributed by atoms with Crippen LogP contribution in [0.1, 0.15) is 30.0 Å². The molecule has 7 heteroatoms. The maximum Gasteiger partial charge on any atom is 0.249 e. The van der Waals surface area contributed by atoms with E-state index in [-0.39, 0.29) is 11.9 Å². The Labute approximate surface area is 164 Å². The van der Waals surface area contributed by atoms with Crippen LogP contribution in [0.5, 0.6) is 0 Å². The van der Waals surface area contributed by atoms with Gasteiger partial charge in [0.15, 0.2) is 6.04 Å². The van der Waals surface area contributed by atoms with E-state index in [1.165, 1.54) is 16.6 Å². The lowest BCUT2D eigenvalue weighted by Crippen LogP contribution is -2.46. The molecule has 4 rings (SSSR count). The van der Waals surface area contributed by atoms with Crippen molar-refractivity contribution in [3.63, 3.8) is 0 Å². The fourth-order valence-corrected chi connectivity index (χ4v) is 3.70. The topological polar surface area (TPSA) is 75.9 Å². The first-order valence-electron chi connectivity index (χ1n) is 9.63. The normalized spacial score (nSPS) is 16.6. The Morgan fingerprint density at radius 3 is 2.36 bits per heavy atom. The third kappa shape index (κ3) is 4.43. The van der Waals surface area contributed by atoms with Crippen LogP contribution in [0, 0.1) is 0 Å². The first-order chi connectivity index (χ1) is 13.8. The quantitative estimate of drug-likeness (QED) is 0.713. The minimum Gasteiger partial charge on any atom is -0.351 e. The molecule has 1 aliphatic rings. The number of benzene rings is 2. The molecular weight excluding hydrogens is 352 g/mol. The highest BCUT2D eigenvalue weighted by Gasteiger charge is 2.27. The van der Waals surface area contributed by atoms with Gasteiger partial charge in [0.2, 0.25) is 5.91 Å². The second-order valence-corrected chi connectivity index (χ2v) is 7.15. The molecule has 1 atom stereocenters. The molecule has 0 spiro atoms. The lowest BCUT2D eigenvalue weighted by molar-refractivity contribution is -0.124. The molecule has 3 aromatic rings. The third-order valence-electron chi connectivity index (χ3n) is 5.18. The fourth-order valence-electron chi connectivity index (χ4n) is 3.70. The molecule has 1 aliphatic heterocycles. The highest BCUT2D eigenvalue weighted by Crippen LogP contribution is 2.19. The summed E-state index contributed by atoms with van der Waals surface area (Å²) in [7, 11) is 0. The average Bonchev–Trinajstić information content (AvgIpc) is 3.25. The molecule has 0 aliphatic carbocycles. The summed E-state index contributed by atoms with van der Waals surface area (Å²) in [5.74, 6) is -0.0694. The predicted molar refractivity (Wildman–Crippen MR) is 105 cm³/mol. The zero-order valence-electron chi connectivity index (χ0n) is 15.7. The number of rotatable bonds is 6. The van der Waals surface area contributed by atoms with Crippen molar-refractivity contribution in [1.82, 2.24) is 30.4 Å². The number of nitrogens with one attached hydrogen (secondary N) is 1. The Morgan fingerprint density at radius 1 is 1.04 bits per heavy atom. The summed E-state index contributed by atoms with van der Waals surface area (Å²) < 4.78 is 1.51. The molecule has 2 aromatic carbocycles. The number of piperidine rings is 1. The van der Waals surface area contributed by atoms with Crippen LogP contribution < -0.4 is 5.32 Å². The van der Waals surface area contributed by atoms with E-state index in [2.05, 4.69) is 50.0 Å². The van der Waals surface area contributed by atoms with Crippen molar-refractivity contribution in [3.8, 4) is 0 Å². The maximum absolute atomic E-state index is 13.0. The Morgan fingerprint density at radius 2 is 1.71 bits per heavy atom. The van der Waals surface area contributed by atoms with Gasteiger partial charge in [0.1, 0.15) is 6.33 Å². The molecule has 28 heavy (non-hydrogen) atoms. The highest BCUT2D eigenvalue weighted by atomic mass is 16.2. The lowest BCUT2D eigenvalue weighted by Gasteiger charge is -2.33. The van der Waals surface area contributed by atoms with Gasteiger partial charge < -0.3 is 5.32 Å². The van der Waals surface area contributed by atoms with Crippen LogP contribution in [0.4, 0.5) is 0 Å². The average molecular weight is 376 g/mol. The molecular formula is C21H24N6O. The first kappa shape index (κ1) is 18.3. The van der Waals surface area contributed by atoms with Gasteiger partial charge in [-0.25, -0.2) is 4.68 Å². The van der Waals surface area contributed by atoms with Crippen molar-refractivity contribution in [3.05, 3.63) is 78.1 Å². The summed E-state index contributed by atoms with van der Waals surface area (Å²) in [6.07, 6.45) is 3.37. The van der Waals surface area contributed by atoms with E-state index < -0.39 is 6.04 Å². The zero-order valence-corrected chi connectivity index (χ0v) is 15.7. The SMILES string of the molecule is O=C(NC1CCN(Cc2ccccc2)CC1)[C@@H](c1ccccc1)n1cnnn1. The van der Waals surface area contributed by atoms with Gasteiger partial charge in [0.05, 0.1) is 0 Å². The van der Waals surface area contributed by atoms with Crippen molar-refractivity contribution in [1.29, 1.82) is 0 Å². The molecule has 1 N–H and O–H groups in total. The molecule has 0 saturated carbocycles. The van der Waals surface area contributed by atoms with Crippen molar-refractivity contribution in [2.45, 2.75) is 31.5 Å². The second kappa shape index (κ2) is 8.75. The molecule has 1 fully saturated rings. The van der Waals surface area contributed by atoms with E-state index in [1.54, 1.807) is 0 Å². The number of nitrogens with zero attached hydrogens (tertiary/aromatic N) is 5. The maximum atomic E-state index is 13.0. The van der Waals surface area contributed by atoms with Crippen molar-refractivity contribution in [2.24, 2.45) is 0 Å². The van der Waals surface area contributed by atoms with Crippen molar-refractivity contribution < 1.29 is 4.79 Å². The smallest absolute Gasteiger partial charge is 0.249 e. The zero-order chi connectivity index (χ0) is 19.2. The largest absolute Gasteiger partial charge is 0.351 e. The van der Waals surface area contributed by atoms with E-state index in [4.69, 9.17) is 0 Å². The van der Waals surface area contributed by atoms with Gasteiger partial charge in [-0.1, -0.05) is 60.7 Å². The Kier molecular flexibility index (Phi) is 5.72. The van der Waals surface area contributed by atoms with E-state index in [1.807, 2.05) is 36.4 Å². The molecule has 0 bridgehead atoms. The minimum atomic E-state index is -0.557. The summed E-state index contributed by atoms with van der Waals surface area (Å²) >= 11 is 0. The second-order valence-electron chi connectivity index (χ2n) is 7.15. The van der Waals surface area contributed by atoms with E-state index in [9.17, 15) is 4.79 Å². The molecule has 0 radical (unpaired) electrons. The number of hydrogen-bond donors (Lipinski definition) is 1. The molecule has 1 saturated heterocycles. The molecule has 1 aromatic heterocycles. The summed E-state index contributed by atoms with van der Waals surface area (Å²) in [6.45, 7) is 2.90. The van der Waals surface area contributed by atoms with E-state index in [0.29, 0.717) is 0 Å². The van der Waals surface area contributed by atoms with E-state index in [0.717, 1.165) is 38.0 Å². The summed E-state index contributed by atoms with van der Waals surface area (Å²) in [5, 5.41) is 14.5. The number of amides is 1. The molecule has 0 unspecified atom stereocenters. The van der Waals surface area contributed by atoms with Crippen LogP contribution in [0.15, 0.2) is 67.0 Å². The Balaban J connectivity index is 1.36. The van der Waals surface area contributed by atoms with Crippen LogP contribution >= 0.6 is 0 Å². The number of hydrogen-bond acceptors (Lipinski definition) is 5. The lowest BCUT2D eigenvalue weighted by atomic mass is 10.0. The van der Waals surface area contributed by atoms with Gasteiger partial charge in [-0.05, 0) is 34.4 Å². The van der Waals surface area contributed by atoms with Gasteiger partial charge in [0, 0.05) is 25.7 Å². The van der Waals surface area contributed by atoms with Crippen LogP contribution in [0.2, 0.25) is 0 Å². The van der Waals surface area contributed by atoms with Crippen LogP contribution in [0.3, 0.4) is 0 Å². The number of aromatic nitrogens is 4. The van der Waals surface area contributed by atoms with Gasteiger partial charge in [-0.3, -0.25) is 9.69 Å². The summed E-state index contributed by atoms with van der Waals surface area (Å²) in [4.78, 5) is 15.5. The number of tetrazole rings is 1. The van der Waals surface area contributed by atoms with Gasteiger partial charge in [-0.2, -0.15) is 0 Å². The number of carbonyl (C=O) groups excluding carboxylic acids is 1. The van der Waals surface area contributed by atoms with Crippen LogP contribution in [0.25, 0.3) is 0 Å². The number of carbonyl (C=O) groups is 1. The van der Waals surface area contributed by atoms with Crippen LogP contribution in [-0.4, -0.2) is 50.1 Å². The van der Waals surface area contributed by atoms with Gasteiger partial charge >= 0.3 is 0 Å². The van der Waals surface area contributed by atoms with E-state index >= 15 is 0 Å². The first-order valence-corrected chi connectivity index (χ1v) is 9.63. The Hall–Kier alpha value is -3.06. The van der Waals surface area contributed by atoms with Crippen LogP contribution in [-0.2, 0) is 11.3 Å². The van der Waals surface area contributed by atoms with Gasteiger partial charge in [-0.15, -0.1) is 5.10 Å². The van der Waals surface area contributed by atoms with Gasteiger partial charge in [0.25, 0.3) is 0 Å². The molecule has 1 amide bonds. The number of likely N-dealkylation sites (tertiary alicyclic amines) is 1. The Bertz CT molecular complexity index is 860. The minimum absolute atomic E-state index is 0.0694. The summed E-state index contributed by atoms with van der Waals surface area (Å²) in [6, 6.07) is 19.7. The van der Waals surface area contributed by atoms with Crippen molar-refractivity contribution in [2.75, 3.05) is 13.1 Å². The predicted octanol–water partition coefficient (Wildman–Crippen LogP) is 2.04. The monoisotopic (exact) mass is 376 g/mol. The standard InChI is InChI=1S/C21H24N6O/c28-21(20(27-16-22-24-25-27)18-9-5-2-6-10-18)23-19-11-13-26(14-12-19)15-17-7-3-1-4-8-17/h1-10,16,19-20H,11-15H2,(H,23,28)/t20-/m1/s1. The molecule has 2 heterocycles. The molecule has 144 valence electrons. The summed E-state index contributed by atoms with van der Waals surface area (Å²) in [5.41, 5.74) is 2.20. The van der Waals surface area contributed by atoms with Crippen molar-refractivity contribution >= 4 is 5.91 Å². The highest BCUT2D eigenvalue weighted by molar-refractivity contribution is 5.83. The third-order valence-corrected chi connectivity index (χ3v) is 5.18. The fraction of sp³-hybridized carbons (Fsp3) is 0.333. The molecule has 7 nitrogen and oxygen atoms in total.